The van der Waals surface area contributed by atoms with Crippen molar-refractivity contribution in [2.75, 3.05) is 0 Å². The van der Waals surface area contributed by atoms with Gasteiger partial charge in [0.15, 0.2) is 0 Å². The summed E-state index contributed by atoms with van der Waals surface area (Å²) in [6, 6.07) is 0. The van der Waals surface area contributed by atoms with E-state index in [4.69, 9.17) is 5.73 Å². The van der Waals surface area contributed by atoms with Crippen molar-refractivity contribution in [2.45, 2.75) is 45.1 Å². The topological polar surface area (TPSA) is 26.0 Å². The van der Waals surface area contributed by atoms with Gasteiger partial charge in [0, 0.05) is 11.1 Å². The summed E-state index contributed by atoms with van der Waals surface area (Å²) in [5.74, 6) is -0.166. The molecule has 0 saturated heterocycles. The van der Waals surface area contributed by atoms with E-state index in [2.05, 4.69) is 6.92 Å². The molecule has 0 fully saturated rings. The van der Waals surface area contributed by atoms with Crippen molar-refractivity contribution in [3.05, 3.63) is 35.7 Å². The molecular formula is C13H20FN. The maximum atomic E-state index is 13.7. The van der Waals surface area contributed by atoms with E-state index in [1.54, 1.807) is 12.2 Å². The molecule has 1 aliphatic rings. The van der Waals surface area contributed by atoms with Crippen LogP contribution in [0.5, 0.6) is 0 Å². The molecule has 0 spiro atoms. The van der Waals surface area contributed by atoms with E-state index >= 15 is 0 Å². The molecule has 1 atom stereocenters. The second-order valence-corrected chi connectivity index (χ2v) is 4.32. The molecule has 0 amide bonds. The number of unbranched alkanes of at least 4 members (excludes halogenated alkanes) is 1. The van der Waals surface area contributed by atoms with E-state index in [-0.39, 0.29) is 5.83 Å². The molecule has 1 nitrogen and oxygen atoms in total. The Labute approximate surface area is 91.5 Å². The van der Waals surface area contributed by atoms with Crippen molar-refractivity contribution >= 4 is 0 Å². The molecule has 0 aromatic rings. The van der Waals surface area contributed by atoms with Crippen LogP contribution in [0.1, 0.15) is 39.5 Å². The molecule has 1 unspecified atom stereocenters. The largest absolute Gasteiger partial charge is 0.322 e. The second kappa shape index (κ2) is 5.26. The average Bonchev–Trinajstić information content (AvgIpc) is 2.40. The Hall–Kier alpha value is -0.890. The van der Waals surface area contributed by atoms with Gasteiger partial charge in [-0.2, -0.15) is 0 Å². The van der Waals surface area contributed by atoms with Crippen LogP contribution in [0.25, 0.3) is 0 Å². The van der Waals surface area contributed by atoms with Gasteiger partial charge in [0.1, 0.15) is 5.83 Å². The SMILES string of the molecule is CCCCC(C)(N)C1=CC=CCC=C1F. The van der Waals surface area contributed by atoms with Crippen molar-refractivity contribution in [1.29, 1.82) is 0 Å². The highest BCUT2D eigenvalue weighted by Crippen LogP contribution is 2.29. The van der Waals surface area contributed by atoms with Gasteiger partial charge in [-0.1, -0.05) is 38.0 Å². The van der Waals surface area contributed by atoms with Gasteiger partial charge in [0.25, 0.3) is 0 Å². The molecule has 2 heteroatoms. The molecular weight excluding hydrogens is 189 g/mol. The maximum absolute atomic E-state index is 13.7. The van der Waals surface area contributed by atoms with Crippen molar-refractivity contribution < 1.29 is 4.39 Å². The molecule has 1 aliphatic carbocycles. The Balaban J connectivity index is 2.83. The summed E-state index contributed by atoms with van der Waals surface area (Å²) < 4.78 is 13.7. The fourth-order valence-corrected chi connectivity index (χ4v) is 1.75. The lowest BCUT2D eigenvalue weighted by Gasteiger charge is -2.26. The smallest absolute Gasteiger partial charge is 0.124 e. The van der Waals surface area contributed by atoms with Gasteiger partial charge in [-0.05, 0) is 25.8 Å². The van der Waals surface area contributed by atoms with Crippen LogP contribution in [-0.4, -0.2) is 5.54 Å². The van der Waals surface area contributed by atoms with Crippen LogP contribution in [0.15, 0.2) is 35.7 Å². The highest BCUT2D eigenvalue weighted by Gasteiger charge is 2.26. The molecule has 15 heavy (non-hydrogen) atoms. The van der Waals surface area contributed by atoms with Gasteiger partial charge in [-0.3, -0.25) is 0 Å². The maximum Gasteiger partial charge on any atom is 0.124 e. The monoisotopic (exact) mass is 209 g/mol. The van der Waals surface area contributed by atoms with Crippen LogP contribution in [-0.2, 0) is 0 Å². The van der Waals surface area contributed by atoms with E-state index in [1.165, 1.54) is 0 Å². The first kappa shape index (κ1) is 12.2. The van der Waals surface area contributed by atoms with Gasteiger partial charge in [-0.15, -0.1) is 0 Å². The molecule has 1 rings (SSSR count). The summed E-state index contributed by atoms with van der Waals surface area (Å²) in [6.45, 7) is 4.02. The summed E-state index contributed by atoms with van der Waals surface area (Å²) in [5, 5.41) is 0. The molecule has 2 N–H and O–H groups in total. The van der Waals surface area contributed by atoms with Gasteiger partial charge in [-0.25, -0.2) is 4.39 Å². The lowest BCUT2D eigenvalue weighted by atomic mass is 9.86. The Kier molecular flexibility index (Phi) is 4.28. The van der Waals surface area contributed by atoms with Crippen LogP contribution in [0.2, 0.25) is 0 Å². The second-order valence-electron chi connectivity index (χ2n) is 4.32. The van der Waals surface area contributed by atoms with Crippen LogP contribution in [0.4, 0.5) is 4.39 Å². The van der Waals surface area contributed by atoms with E-state index < -0.39 is 5.54 Å². The van der Waals surface area contributed by atoms with Crippen molar-refractivity contribution in [1.82, 2.24) is 0 Å². The van der Waals surface area contributed by atoms with Gasteiger partial charge < -0.3 is 5.73 Å². The Bertz CT molecular complexity index is 298. The zero-order valence-electron chi connectivity index (χ0n) is 9.59. The van der Waals surface area contributed by atoms with E-state index in [0.29, 0.717) is 12.0 Å². The van der Waals surface area contributed by atoms with Gasteiger partial charge in [0.05, 0.1) is 0 Å². The molecule has 0 aromatic carbocycles. The van der Waals surface area contributed by atoms with Crippen LogP contribution in [0.3, 0.4) is 0 Å². The standard InChI is InChI=1S/C13H20FN/c1-3-4-10-13(2,15)11-8-6-5-7-9-12(11)14/h5-6,8-9H,3-4,7,10,15H2,1-2H3. The minimum Gasteiger partial charge on any atom is -0.322 e. The summed E-state index contributed by atoms with van der Waals surface area (Å²) in [7, 11) is 0. The van der Waals surface area contributed by atoms with Crippen molar-refractivity contribution in [3.63, 3.8) is 0 Å². The molecule has 0 bridgehead atoms. The van der Waals surface area contributed by atoms with Crippen LogP contribution < -0.4 is 5.73 Å². The summed E-state index contributed by atoms with van der Waals surface area (Å²) in [6.07, 6.45) is 10.8. The molecule has 0 radical (unpaired) electrons. The first-order valence-electron chi connectivity index (χ1n) is 5.60. The molecule has 84 valence electrons. The normalized spacial score (nSPS) is 20.3. The molecule has 0 saturated carbocycles. The minimum atomic E-state index is -0.550. The number of nitrogens with two attached hydrogens (primary N) is 1. The van der Waals surface area contributed by atoms with Gasteiger partial charge >= 0.3 is 0 Å². The zero-order chi connectivity index (χ0) is 11.3. The minimum absolute atomic E-state index is 0.166. The first-order valence-corrected chi connectivity index (χ1v) is 5.60. The van der Waals surface area contributed by atoms with E-state index in [0.717, 1.165) is 19.3 Å². The Morgan fingerprint density at radius 1 is 1.53 bits per heavy atom. The third-order valence-electron chi connectivity index (χ3n) is 2.75. The predicted octanol–water partition coefficient (Wildman–Crippen LogP) is 3.63. The quantitative estimate of drug-likeness (QED) is 0.751. The summed E-state index contributed by atoms with van der Waals surface area (Å²) in [5.41, 5.74) is 6.23. The zero-order valence-corrected chi connectivity index (χ0v) is 9.59. The Morgan fingerprint density at radius 3 is 2.93 bits per heavy atom. The first-order chi connectivity index (χ1) is 7.08. The lowest BCUT2D eigenvalue weighted by Crippen LogP contribution is -2.38. The number of hydrogen-bond acceptors (Lipinski definition) is 1. The number of hydrogen-bond donors (Lipinski definition) is 1. The predicted molar refractivity (Wildman–Crippen MR) is 63.1 cm³/mol. The van der Waals surface area contributed by atoms with Crippen LogP contribution in [0, 0.1) is 0 Å². The number of halogens is 1. The number of rotatable bonds is 4. The van der Waals surface area contributed by atoms with Gasteiger partial charge in [0.2, 0.25) is 0 Å². The van der Waals surface area contributed by atoms with Crippen molar-refractivity contribution in [3.8, 4) is 0 Å². The fraction of sp³-hybridized carbons (Fsp3) is 0.538. The van der Waals surface area contributed by atoms with Crippen molar-refractivity contribution in [2.24, 2.45) is 5.73 Å². The third kappa shape index (κ3) is 3.31. The summed E-state index contributed by atoms with van der Waals surface area (Å²) >= 11 is 0. The summed E-state index contributed by atoms with van der Waals surface area (Å²) in [4.78, 5) is 0. The molecule has 0 aromatic heterocycles. The number of allylic oxidation sites excluding steroid dienone is 4. The average molecular weight is 209 g/mol. The fourth-order valence-electron chi connectivity index (χ4n) is 1.75. The lowest BCUT2D eigenvalue weighted by molar-refractivity contribution is 0.461. The highest BCUT2D eigenvalue weighted by atomic mass is 19.1. The van der Waals surface area contributed by atoms with Crippen LogP contribution >= 0.6 is 0 Å². The molecule has 0 aliphatic heterocycles. The van der Waals surface area contributed by atoms with E-state index in [1.807, 2.05) is 19.1 Å². The molecule has 0 heterocycles. The van der Waals surface area contributed by atoms with E-state index in [9.17, 15) is 4.39 Å². The Morgan fingerprint density at radius 2 is 2.27 bits per heavy atom. The highest BCUT2D eigenvalue weighted by molar-refractivity contribution is 5.39. The third-order valence-corrected chi connectivity index (χ3v) is 2.75.